The van der Waals surface area contributed by atoms with E-state index in [0.717, 1.165) is 31.0 Å². The lowest BCUT2D eigenvalue weighted by atomic mass is 9.76. The SMILES string of the molecule is CCn1cnnc1C1CN(C(=O)c2cncc(C)c2)CC12CCCC2. The molecule has 0 aromatic carbocycles. The Morgan fingerprint density at radius 3 is 2.84 bits per heavy atom. The zero-order chi connectivity index (χ0) is 17.4. The fourth-order valence-corrected chi connectivity index (χ4v) is 4.70. The van der Waals surface area contributed by atoms with Gasteiger partial charge in [0.2, 0.25) is 0 Å². The molecule has 1 saturated carbocycles. The molecule has 0 bridgehead atoms. The predicted molar refractivity (Wildman–Crippen MR) is 94.2 cm³/mol. The average molecular weight is 339 g/mol. The molecule has 1 aliphatic carbocycles. The molecule has 2 aliphatic rings. The van der Waals surface area contributed by atoms with Gasteiger partial charge in [-0.2, -0.15) is 0 Å². The highest BCUT2D eigenvalue weighted by Crippen LogP contribution is 2.53. The first-order chi connectivity index (χ1) is 12.1. The molecule has 4 rings (SSSR count). The van der Waals surface area contributed by atoms with Crippen molar-refractivity contribution < 1.29 is 4.79 Å². The highest BCUT2D eigenvalue weighted by Gasteiger charge is 2.51. The van der Waals surface area contributed by atoms with Crippen molar-refractivity contribution in [3.05, 3.63) is 41.7 Å². The van der Waals surface area contributed by atoms with Crippen molar-refractivity contribution in [1.82, 2.24) is 24.6 Å². The van der Waals surface area contributed by atoms with Gasteiger partial charge in [-0.05, 0) is 43.7 Å². The van der Waals surface area contributed by atoms with Crippen molar-refractivity contribution in [1.29, 1.82) is 0 Å². The van der Waals surface area contributed by atoms with Gasteiger partial charge >= 0.3 is 0 Å². The molecule has 1 spiro atoms. The molecular weight excluding hydrogens is 314 g/mol. The summed E-state index contributed by atoms with van der Waals surface area (Å²) in [6.07, 6.45) is 10.1. The summed E-state index contributed by atoms with van der Waals surface area (Å²) in [6.45, 7) is 6.50. The molecule has 1 atom stereocenters. The van der Waals surface area contributed by atoms with Crippen LogP contribution >= 0.6 is 0 Å². The molecule has 2 fully saturated rings. The second kappa shape index (κ2) is 6.24. The third kappa shape index (κ3) is 2.73. The average Bonchev–Trinajstić information content (AvgIpc) is 3.34. The highest BCUT2D eigenvalue weighted by atomic mass is 16.2. The van der Waals surface area contributed by atoms with Gasteiger partial charge in [0.15, 0.2) is 0 Å². The predicted octanol–water partition coefficient (Wildman–Crippen LogP) is 2.80. The van der Waals surface area contributed by atoms with Crippen molar-refractivity contribution in [2.45, 2.75) is 52.0 Å². The highest BCUT2D eigenvalue weighted by molar-refractivity contribution is 5.94. The third-order valence-corrected chi connectivity index (χ3v) is 5.95. The number of amides is 1. The largest absolute Gasteiger partial charge is 0.337 e. The minimum absolute atomic E-state index is 0.0903. The number of hydrogen-bond acceptors (Lipinski definition) is 4. The van der Waals surface area contributed by atoms with E-state index in [-0.39, 0.29) is 17.2 Å². The second-order valence-electron chi connectivity index (χ2n) is 7.53. The zero-order valence-electron chi connectivity index (χ0n) is 15.0. The first-order valence-corrected chi connectivity index (χ1v) is 9.21. The summed E-state index contributed by atoms with van der Waals surface area (Å²) in [5, 5.41) is 8.56. The Bertz CT molecular complexity index is 778. The van der Waals surface area contributed by atoms with Crippen molar-refractivity contribution in [2.75, 3.05) is 13.1 Å². The van der Waals surface area contributed by atoms with Crippen LogP contribution in [0.2, 0.25) is 0 Å². The lowest BCUT2D eigenvalue weighted by Crippen LogP contribution is -2.31. The molecule has 0 radical (unpaired) electrons. The third-order valence-electron chi connectivity index (χ3n) is 5.95. The standard InChI is InChI=1S/C19H25N5O/c1-3-23-13-21-22-17(23)16-11-24(12-19(16)6-4-5-7-19)18(25)15-8-14(2)9-20-10-15/h8-10,13,16H,3-7,11-12H2,1-2H3. The van der Waals surface area contributed by atoms with Crippen LogP contribution in [-0.2, 0) is 6.54 Å². The van der Waals surface area contributed by atoms with Crippen LogP contribution in [0.3, 0.4) is 0 Å². The molecule has 25 heavy (non-hydrogen) atoms. The minimum atomic E-state index is 0.0903. The molecule has 6 nitrogen and oxygen atoms in total. The lowest BCUT2D eigenvalue weighted by molar-refractivity contribution is 0.0772. The van der Waals surface area contributed by atoms with Gasteiger partial charge in [0.25, 0.3) is 5.91 Å². The van der Waals surface area contributed by atoms with Gasteiger partial charge in [-0.1, -0.05) is 12.8 Å². The van der Waals surface area contributed by atoms with E-state index in [0.29, 0.717) is 5.56 Å². The Hall–Kier alpha value is -2.24. The summed E-state index contributed by atoms with van der Waals surface area (Å²) >= 11 is 0. The number of carbonyl (C=O) groups is 1. The molecule has 3 heterocycles. The van der Waals surface area contributed by atoms with Crippen LogP contribution in [0.1, 0.15) is 60.3 Å². The summed E-state index contributed by atoms with van der Waals surface area (Å²) in [5.74, 6) is 1.41. The van der Waals surface area contributed by atoms with Crippen LogP contribution in [0.25, 0.3) is 0 Å². The van der Waals surface area contributed by atoms with E-state index in [1.807, 2.05) is 24.2 Å². The summed E-state index contributed by atoms with van der Waals surface area (Å²) in [7, 11) is 0. The number of carbonyl (C=O) groups excluding carboxylic acids is 1. The topological polar surface area (TPSA) is 63.9 Å². The smallest absolute Gasteiger partial charge is 0.255 e. The molecule has 6 heteroatoms. The second-order valence-corrected chi connectivity index (χ2v) is 7.53. The molecule has 1 amide bonds. The van der Waals surface area contributed by atoms with Crippen molar-refractivity contribution in [3.63, 3.8) is 0 Å². The maximum Gasteiger partial charge on any atom is 0.255 e. The number of nitrogens with zero attached hydrogens (tertiary/aromatic N) is 5. The number of aryl methyl sites for hydroxylation is 2. The Kier molecular flexibility index (Phi) is 4.06. The molecule has 2 aromatic rings. The minimum Gasteiger partial charge on any atom is -0.337 e. The van der Waals surface area contributed by atoms with E-state index in [9.17, 15) is 4.79 Å². The van der Waals surface area contributed by atoms with Gasteiger partial charge in [-0.3, -0.25) is 9.78 Å². The molecule has 0 N–H and O–H groups in total. The van der Waals surface area contributed by atoms with Crippen molar-refractivity contribution in [2.24, 2.45) is 5.41 Å². The molecule has 1 saturated heterocycles. The number of likely N-dealkylation sites (tertiary alicyclic amines) is 1. The fourth-order valence-electron chi connectivity index (χ4n) is 4.70. The zero-order valence-corrected chi connectivity index (χ0v) is 15.0. The molecular formula is C19H25N5O. The van der Waals surface area contributed by atoms with Gasteiger partial charge in [0, 0.05) is 37.9 Å². The van der Waals surface area contributed by atoms with Crippen LogP contribution in [-0.4, -0.2) is 43.6 Å². The molecule has 132 valence electrons. The number of hydrogen-bond donors (Lipinski definition) is 0. The van der Waals surface area contributed by atoms with Gasteiger partial charge in [-0.25, -0.2) is 0 Å². The van der Waals surface area contributed by atoms with Gasteiger partial charge in [0.05, 0.1) is 5.56 Å². The first kappa shape index (κ1) is 16.2. The Morgan fingerprint density at radius 1 is 1.32 bits per heavy atom. The Labute approximate surface area is 148 Å². The van der Waals surface area contributed by atoms with Crippen LogP contribution in [0.4, 0.5) is 0 Å². The monoisotopic (exact) mass is 339 g/mol. The van der Waals surface area contributed by atoms with E-state index in [2.05, 4.69) is 26.7 Å². The van der Waals surface area contributed by atoms with E-state index in [1.165, 1.54) is 25.7 Å². The van der Waals surface area contributed by atoms with E-state index >= 15 is 0 Å². The summed E-state index contributed by atoms with van der Waals surface area (Å²) in [6, 6.07) is 1.93. The quantitative estimate of drug-likeness (QED) is 0.862. The molecule has 2 aromatic heterocycles. The van der Waals surface area contributed by atoms with Crippen molar-refractivity contribution in [3.8, 4) is 0 Å². The number of rotatable bonds is 3. The Morgan fingerprint density at radius 2 is 2.12 bits per heavy atom. The van der Waals surface area contributed by atoms with Gasteiger partial charge in [0.1, 0.15) is 12.2 Å². The number of pyridine rings is 1. The van der Waals surface area contributed by atoms with E-state index in [1.54, 1.807) is 12.4 Å². The van der Waals surface area contributed by atoms with Crippen LogP contribution in [0.5, 0.6) is 0 Å². The van der Waals surface area contributed by atoms with E-state index in [4.69, 9.17) is 0 Å². The fraction of sp³-hybridized carbons (Fsp3) is 0.579. The molecule has 1 aliphatic heterocycles. The maximum atomic E-state index is 13.1. The first-order valence-electron chi connectivity index (χ1n) is 9.21. The number of aromatic nitrogens is 4. The van der Waals surface area contributed by atoms with E-state index < -0.39 is 0 Å². The summed E-state index contributed by atoms with van der Waals surface area (Å²) in [5.41, 5.74) is 1.86. The van der Waals surface area contributed by atoms with Crippen LogP contribution in [0.15, 0.2) is 24.8 Å². The van der Waals surface area contributed by atoms with Gasteiger partial charge in [-0.15, -0.1) is 10.2 Å². The van der Waals surface area contributed by atoms with Crippen LogP contribution < -0.4 is 0 Å². The molecule has 1 unspecified atom stereocenters. The summed E-state index contributed by atoms with van der Waals surface area (Å²) < 4.78 is 2.13. The summed E-state index contributed by atoms with van der Waals surface area (Å²) in [4.78, 5) is 19.3. The normalized spacial score (nSPS) is 22.0. The van der Waals surface area contributed by atoms with Crippen molar-refractivity contribution >= 4 is 5.91 Å². The van der Waals surface area contributed by atoms with Crippen LogP contribution in [0, 0.1) is 12.3 Å². The Balaban J connectivity index is 1.65. The maximum absolute atomic E-state index is 13.1. The van der Waals surface area contributed by atoms with Gasteiger partial charge < -0.3 is 9.47 Å². The lowest BCUT2D eigenvalue weighted by Gasteiger charge is -2.29.